The van der Waals surface area contributed by atoms with Crippen LogP contribution in [0.25, 0.3) is 0 Å². The van der Waals surface area contributed by atoms with Crippen LogP contribution in [-0.4, -0.2) is 28.2 Å². The van der Waals surface area contributed by atoms with Crippen LogP contribution < -0.4 is 5.32 Å². The van der Waals surface area contributed by atoms with Crippen LogP contribution in [-0.2, 0) is 6.54 Å². The third-order valence-electron chi connectivity index (χ3n) is 1.92. The van der Waals surface area contributed by atoms with Gasteiger partial charge in [0.1, 0.15) is 0 Å². The maximum Gasteiger partial charge on any atom is 0.230 e. The van der Waals surface area contributed by atoms with Crippen LogP contribution in [0.1, 0.15) is 25.1 Å². The number of aryl methyl sites for hydroxylation is 1. The van der Waals surface area contributed by atoms with Gasteiger partial charge in [-0.15, -0.1) is 10.2 Å². The first kappa shape index (κ1) is 11.5. The molecule has 0 amide bonds. The summed E-state index contributed by atoms with van der Waals surface area (Å²) in [5, 5.41) is 11.0. The Morgan fingerprint density at radius 1 is 1.50 bits per heavy atom. The second-order valence-corrected chi connectivity index (χ2v) is 4.26. The zero-order chi connectivity index (χ0) is 10.4. The van der Waals surface area contributed by atoms with Crippen molar-refractivity contribution in [3.63, 3.8) is 0 Å². The number of nitrogens with one attached hydrogen (secondary N) is 1. The van der Waals surface area contributed by atoms with E-state index in [4.69, 9.17) is 4.42 Å². The number of thioether (sulfide) groups is 1. The molecule has 4 nitrogen and oxygen atoms in total. The number of nitrogens with zero attached hydrogens (tertiary/aromatic N) is 2. The molecule has 0 aliphatic carbocycles. The molecule has 1 rings (SSSR count). The van der Waals surface area contributed by atoms with Gasteiger partial charge in [0.15, 0.2) is 0 Å². The van der Waals surface area contributed by atoms with Gasteiger partial charge in [0, 0.05) is 13.0 Å². The number of hydrogen-bond donors (Lipinski definition) is 1. The van der Waals surface area contributed by atoms with E-state index in [0.717, 1.165) is 6.42 Å². The van der Waals surface area contributed by atoms with Crippen LogP contribution in [0, 0.1) is 6.92 Å². The van der Waals surface area contributed by atoms with Crippen LogP contribution in [0.4, 0.5) is 0 Å². The van der Waals surface area contributed by atoms with Gasteiger partial charge in [-0.25, -0.2) is 0 Å². The average Bonchev–Trinajstić information content (AvgIpc) is 2.58. The topological polar surface area (TPSA) is 51.0 Å². The lowest BCUT2D eigenvalue weighted by atomic mass is 10.2. The highest BCUT2D eigenvalue weighted by Crippen LogP contribution is 2.02. The van der Waals surface area contributed by atoms with Gasteiger partial charge in [-0.1, -0.05) is 0 Å². The Morgan fingerprint density at radius 3 is 2.86 bits per heavy atom. The van der Waals surface area contributed by atoms with Gasteiger partial charge >= 0.3 is 0 Å². The molecule has 80 valence electrons. The minimum atomic E-state index is 0.495. The minimum absolute atomic E-state index is 0.495. The summed E-state index contributed by atoms with van der Waals surface area (Å²) in [6.07, 6.45) is 3.28. The van der Waals surface area contributed by atoms with Gasteiger partial charge in [0.25, 0.3) is 0 Å². The Labute approximate surface area is 88.9 Å². The van der Waals surface area contributed by atoms with Gasteiger partial charge in [-0.3, -0.25) is 0 Å². The molecule has 0 radical (unpaired) electrons. The Hall–Kier alpha value is -0.550. The van der Waals surface area contributed by atoms with Crippen molar-refractivity contribution in [3.05, 3.63) is 11.8 Å². The molecule has 1 N–H and O–H groups in total. The molecule has 0 aliphatic rings. The van der Waals surface area contributed by atoms with Gasteiger partial charge in [-0.2, -0.15) is 11.8 Å². The molecule has 0 saturated carbocycles. The second kappa shape index (κ2) is 6.03. The predicted octanol–water partition coefficient (Wildman–Crippen LogP) is 1.61. The fraction of sp³-hybridized carbons (Fsp3) is 0.778. The van der Waals surface area contributed by atoms with Crippen LogP contribution in [0.3, 0.4) is 0 Å². The molecule has 0 fully saturated rings. The molecule has 5 heteroatoms. The third-order valence-corrected chi connectivity index (χ3v) is 2.57. The monoisotopic (exact) mass is 215 g/mol. The van der Waals surface area contributed by atoms with E-state index in [0.29, 0.717) is 24.4 Å². The molecule has 0 aliphatic heterocycles. The normalized spacial score (nSPS) is 13.1. The van der Waals surface area contributed by atoms with E-state index in [1.807, 2.05) is 11.8 Å². The van der Waals surface area contributed by atoms with Crippen molar-refractivity contribution in [1.29, 1.82) is 0 Å². The molecule has 0 spiro atoms. The van der Waals surface area contributed by atoms with Crippen molar-refractivity contribution >= 4 is 11.8 Å². The van der Waals surface area contributed by atoms with E-state index in [9.17, 15) is 0 Å². The lowest BCUT2D eigenvalue weighted by Crippen LogP contribution is -2.26. The van der Waals surface area contributed by atoms with E-state index in [-0.39, 0.29) is 0 Å². The molecule has 0 bridgehead atoms. The van der Waals surface area contributed by atoms with E-state index in [1.165, 1.54) is 5.75 Å². The van der Waals surface area contributed by atoms with Crippen molar-refractivity contribution in [2.75, 3.05) is 12.0 Å². The largest absolute Gasteiger partial charge is 0.424 e. The number of rotatable bonds is 6. The number of aromatic nitrogens is 2. The van der Waals surface area contributed by atoms with Crippen molar-refractivity contribution in [2.45, 2.75) is 32.9 Å². The molecular weight excluding hydrogens is 198 g/mol. The molecule has 0 saturated heterocycles. The highest BCUT2D eigenvalue weighted by atomic mass is 32.2. The average molecular weight is 215 g/mol. The highest BCUT2D eigenvalue weighted by molar-refractivity contribution is 7.98. The predicted molar refractivity (Wildman–Crippen MR) is 58.3 cm³/mol. The van der Waals surface area contributed by atoms with E-state index in [1.54, 1.807) is 6.92 Å². The van der Waals surface area contributed by atoms with Crippen molar-refractivity contribution in [3.8, 4) is 0 Å². The lowest BCUT2D eigenvalue weighted by Gasteiger charge is -2.10. The lowest BCUT2D eigenvalue weighted by molar-refractivity contribution is 0.424. The SMILES string of the molecule is CSCCC(C)NCc1nnc(C)o1. The molecule has 1 aromatic heterocycles. The smallest absolute Gasteiger partial charge is 0.230 e. The van der Waals surface area contributed by atoms with Crippen LogP contribution >= 0.6 is 11.8 Å². The van der Waals surface area contributed by atoms with Crippen LogP contribution in [0.15, 0.2) is 4.42 Å². The van der Waals surface area contributed by atoms with Crippen molar-refractivity contribution in [2.24, 2.45) is 0 Å². The summed E-state index contributed by atoms with van der Waals surface area (Å²) in [5.74, 6) is 2.47. The van der Waals surface area contributed by atoms with Gasteiger partial charge in [0.2, 0.25) is 11.8 Å². The van der Waals surface area contributed by atoms with Gasteiger partial charge < -0.3 is 9.73 Å². The molecule has 1 unspecified atom stereocenters. The van der Waals surface area contributed by atoms with Crippen molar-refractivity contribution in [1.82, 2.24) is 15.5 Å². The minimum Gasteiger partial charge on any atom is -0.424 e. The molecular formula is C9H17N3OS. The number of hydrogen-bond acceptors (Lipinski definition) is 5. The summed E-state index contributed by atoms with van der Waals surface area (Å²) in [7, 11) is 0. The first-order valence-corrected chi connectivity index (χ1v) is 6.13. The van der Waals surface area contributed by atoms with Gasteiger partial charge in [0.05, 0.1) is 6.54 Å². The van der Waals surface area contributed by atoms with E-state index in [2.05, 4.69) is 28.7 Å². The fourth-order valence-corrected chi connectivity index (χ4v) is 1.66. The molecule has 1 heterocycles. The van der Waals surface area contributed by atoms with Crippen LogP contribution in [0.5, 0.6) is 0 Å². The Kier molecular flexibility index (Phi) is 4.97. The maximum absolute atomic E-state index is 5.25. The van der Waals surface area contributed by atoms with E-state index < -0.39 is 0 Å². The zero-order valence-electron chi connectivity index (χ0n) is 8.91. The Balaban J connectivity index is 2.20. The molecule has 14 heavy (non-hydrogen) atoms. The summed E-state index contributed by atoms with van der Waals surface area (Å²) in [4.78, 5) is 0. The first-order chi connectivity index (χ1) is 6.72. The zero-order valence-corrected chi connectivity index (χ0v) is 9.73. The van der Waals surface area contributed by atoms with Crippen LogP contribution in [0.2, 0.25) is 0 Å². The summed E-state index contributed by atoms with van der Waals surface area (Å²) >= 11 is 1.86. The first-order valence-electron chi connectivity index (χ1n) is 4.73. The third kappa shape index (κ3) is 4.11. The Morgan fingerprint density at radius 2 is 2.29 bits per heavy atom. The maximum atomic E-state index is 5.25. The quantitative estimate of drug-likeness (QED) is 0.781. The highest BCUT2D eigenvalue weighted by Gasteiger charge is 2.04. The van der Waals surface area contributed by atoms with E-state index >= 15 is 0 Å². The summed E-state index contributed by atoms with van der Waals surface area (Å²) in [6.45, 7) is 4.63. The fourth-order valence-electron chi connectivity index (χ4n) is 1.07. The van der Waals surface area contributed by atoms with Crippen molar-refractivity contribution < 1.29 is 4.42 Å². The summed E-state index contributed by atoms with van der Waals surface area (Å²) in [6, 6.07) is 0.495. The second-order valence-electron chi connectivity index (χ2n) is 3.28. The molecule has 0 aromatic carbocycles. The molecule has 1 aromatic rings. The van der Waals surface area contributed by atoms with Gasteiger partial charge in [-0.05, 0) is 25.4 Å². The molecule has 1 atom stereocenters. The summed E-state index contributed by atoms with van der Waals surface area (Å²) in [5.41, 5.74) is 0. The standard InChI is InChI=1S/C9H17N3OS/c1-7(4-5-14-3)10-6-9-12-11-8(2)13-9/h7,10H,4-6H2,1-3H3. The summed E-state index contributed by atoms with van der Waals surface area (Å²) < 4.78 is 5.25. The Bertz CT molecular complexity index is 264.